The van der Waals surface area contributed by atoms with Gasteiger partial charge in [-0.1, -0.05) is 39.0 Å². The van der Waals surface area contributed by atoms with Crippen LogP contribution >= 0.6 is 11.3 Å². The van der Waals surface area contributed by atoms with Gasteiger partial charge in [-0.25, -0.2) is 4.98 Å². The van der Waals surface area contributed by atoms with Gasteiger partial charge in [0.1, 0.15) is 5.75 Å². The number of nitrogens with one attached hydrogen (secondary N) is 1. The van der Waals surface area contributed by atoms with E-state index in [9.17, 15) is 0 Å². The zero-order valence-electron chi connectivity index (χ0n) is 15.9. The Bertz CT molecular complexity index is 787. The van der Waals surface area contributed by atoms with Crippen molar-refractivity contribution in [2.75, 3.05) is 11.9 Å². The summed E-state index contributed by atoms with van der Waals surface area (Å²) in [6, 6.07) is 12.0. The first-order chi connectivity index (χ1) is 13.3. The van der Waals surface area contributed by atoms with Crippen LogP contribution in [-0.2, 0) is 0 Å². The summed E-state index contributed by atoms with van der Waals surface area (Å²) < 4.78 is 5.83. The minimum atomic E-state index is 0.792. The minimum Gasteiger partial charge on any atom is -0.494 e. The molecule has 2 aromatic heterocycles. The van der Waals surface area contributed by atoms with Crippen molar-refractivity contribution in [3.05, 3.63) is 54.2 Å². The number of pyridine rings is 1. The Kier molecular flexibility index (Phi) is 7.66. The molecule has 0 spiro atoms. The maximum atomic E-state index is 5.83. The number of hydrogen-bond acceptors (Lipinski definition) is 5. The third-order valence-electron chi connectivity index (χ3n) is 4.35. The monoisotopic (exact) mass is 381 g/mol. The Labute approximate surface area is 165 Å². The molecule has 142 valence electrons. The highest BCUT2D eigenvalue weighted by Crippen LogP contribution is 2.27. The van der Waals surface area contributed by atoms with Crippen molar-refractivity contribution in [1.29, 1.82) is 0 Å². The maximum absolute atomic E-state index is 5.83. The molecule has 0 saturated heterocycles. The molecular formula is C22H27N3OS. The highest BCUT2D eigenvalue weighted by Gasteiger charge is 2.05. The van der Waals surface area contributed by atoms with Gasteiger partial charge in [-0.15, -0.1) is 11.3 Å². The van der Waals surface area contributed by atoms with Gasteiger partial charge < -0.3 is 10.1 Å². The Morgan fingerprint density at radius 2 is 1.67 bits per heavy atom. The van der Waals surface area contributed by atoms with Crippen LogP contribution in [0.4, 0.5) is 10.8 Å². The number of anilines is 2. The highest BCUT2D eigenvalue weighted by molar-refractivity contribution is 7.14. The third-order valence-corrected chi connectivity index (χ3v) is 5.11. The van der Waals surface area contributed by atoms with Crippen LogP contribution in [0, 0.1) is 0 Å². The second kappa shape index (κ2) is 10.7. The van der Waals surface area contributed by atoms with E-state index in [1.54, 1.807) is 23.7 Å². The standard InChI is InChI=1S/C22H27N3OS/c1-2-3-4-5-6-7-16-26-20-10-8-19(9-11-20)24-22-25-21(17-27-22)18-12-14-23-15-13-18/h8-15,17H,2-7,16H2,1H3,(H,24,25). The van der Waals surface area contributed by atoms with Crippen LogP contribution in [-0.4, -0.2) is 16.6 Å². The van der Waals surface area contributed by atoms with Crippen LogP contribution in [0.5, 0.6) is 5.75 Å². The summed E-state index contributed by atoms with van der Waals surface area (Å²) in [6.45, 7) is 3.04. The number of thiazole rings is 1. The lowest BCUT2D eigenvalue weighted by Gasteiger charge is -2.08. The fourth-order valence-corrected chi connectivity index (χ4v) is 3.56. The minimum absolute atomic E-state index is 0.792. The van der Waals surface area contributed by atoms with E-state index in [4.69, 9.17) is 4.74 Å². The van der Waals surface area contributed by atoms with Gasteiger partial charge in [0.2, 0.25) is 0 Å². The maximum Gasteiger partial charge on any atom is 0.187 e. The molecule has 0 aliphatic heterocycles. The fourth-order valence-electron chi connectivity index (χ4n) is 2.82. The van der Waals surface area contributed by atoms with Gasteiger partial charge in [0, 0.05) is 29.0 Å². The molecule has 5 heteroatoms. The van der Waals surface area contributed by atoms with Crippen LogP contribution in [0.15, 0.2) is 54.2 Å². The van der Waals surface area contributed by atoms with Crippen molar-refractivity contribution in [3.8, 4) is 17.0 Å². The summed E-state index contributed by atoms with van der Waals surface area (Å²) in [6.07, 6.45) is 11.2. The summed E-state index contributed by atoms with van der Waals surface area (Å²) in [5.41, 5.74) is 3.05. The van der Waals surface area contributed by atoms with Crippen LogP contribution in [0.3, 0.4) is 0 Å². The third kappa shape index (κ3) is 6.36. The lowest BCUT2D eigenvalue weighted by molar-refractivity contribution is 0.304. The molecule has 27 heavy (non-hydrogen) atoms. The smallest absolute Gasteiger partial charge is 0.187 e. The molecule has 3 rings (SSSR count). The van der Waals surface area contributed by atoms with E-state index < -0.39 is 0 Å². The molecule has 1 N–H and O–H groups in total. The van der Waals surface area contributed by atoms with E-state index in [1.807, 2.05) is 36.4 Å². The lowest BCUT2D eigenvalue weighted by Crippen LogP contribution is -1.97. The second-order valence-corrected chi connectivity index (χ2v) is 7.40. The van der Waals surface area contributed by atoms with Gasteiger partial charge >= 0.3 is 0 Å². The van der Waals surface area contributed by atoms with Crippen molar-refractivity contribution in [3.63, 3.8) is 0 Å². The average Bonchev–Trinajstić information content (AvgIpc) is 3.18. The predicted octanol–water partition coefficient (Wildman–Crippen LogP) is 6.69. The zero-order chi connectivity index (χ0) is 18.7. The van der Waals surface area contributed by atoms with Gasteiger partial charge in [-0.3, -0.25) is 4.98 Å². The summed E-state index contributed by atoms with van der Waals surface area (Å²) in [4.78, 5) is 8.68. The number of unbranched alkanes of at least 4 members (excludes halogenated alkanes) is 5. The summed E-state index contributed by atoms with van der Waals surface area (Å²) >= 11 is 1.59. The van der Waals surface area contributed by atoms with E-state index in [0.717, 1.165) is 40.9 Å². The van der Waals surface area contributed by atoms with Gasteiger partial charge in [-0.2, -0.15) is 0 Å². The van der Waals surface area contributed by atoms with E-state index in [0.29, 0.717) is 0 Å². The summed E-state index contributed by atoms with van der Waals surface area (Å²) in [5, 5.41) is 6.28. The topological polar surface area (TPSA) is 47.0 Å². The largest absolute Gasteiger partial charge is 0.494 e. The number of ether oxygens (including phenoxy) is 1. The predicted molar refractivity (Wildman–Crippen MR) is 114 cm³/mol. The Hall–Kier alpha value is -2.40. The molecule has 4 nitrogen and oxygen atoms in total. The quantitative estimate of drug-likeness (QED) is 0.376. The second-order valence-electron chi connectivity index (χ2n) is 6.54. The van der Waals surface area contributed by atoms with Crippen molar-refractivity contribution in [2.45, 2.75) is 45.4 Å². The van der Waals surface area contributed by atoms with Crippen molar-refractivity contribution in [1.82, 2.24) is 9.97 Å². The summed E-state index contributed by atoms with van der Waals surface area (Å²) in [7, 11) is 0. The van der Waals surface area contributed by atoms with Crippen molar-refractivity contribution >= 4 is 22.2 Å². The Balaban J connectivity index is 1.43. The Morgan fingerprint density at radius 1 is 0.926 bits per heavy atom. The first-order valence-corrected chi connectivity index (χ1v) is 10.6. The fraction of sp³-hybridized carbons (Fsp3) is 0.364. The lowest BCUT2D eigenvalue weighted by atomic mass is 10.1. The molecule has 0 aliphatic rings. The molecule has 3 aromatic rings. The molecule has 0 aliphatic carbocycles. The summed E-state index contributed by atoms with van der Waals surface area (Å²) in [5.74, 6) is 0.922. The molecule has 1 aromatic carbocycles. The van der Waals surface area contributed by atoms with Crippen LogP contribution < -0.4 is 10.1 Å². The first kappa shape index (κ1) is 19.4. The van der Waals surface area contributed by atoms with Gasteiger partial charge in [0.15, 0.2) is 5.13 Å². The molecule has 0 fully saturated rings. The Morgan fingerprint density at radius 3 is 2.44 bits per heavy atom. The highest BCUT2D eigenvalue weighted by atomic mass is 32.1. The van der Waals surface area contributed by atoms with E-state index >= 15 is 0 Å². The van der Waals surface area contributed by atoms with E-state index in [2.05, 4.69) is 27.6 Å². The molecule has 0 unspecified atom stereocenters. The normalized spacial score (nSPS) is 10.7. The molecule has 0 atom stereocenters. The number of benzene rings is 1. The van der Waals surface area contributed by atoms with Gasteiger partial charge in [0.05, 0.1) is 12.3 Å². The SMILES string of the molecule is CCCCCCCCOc1ccc(Nc2nc(-c3ccncc3)cs2)cc1. The molecule has 2 heterocycles. The molecule has 0 amide bonds. The van der Waals surface area contributed by atoms with Crippen LogP contribution in [0.1, 0.15) is 45.4 Å². The van der Waals surface area contributed by atoms with Crippen molar-refractivity contribution in [2.24, 2.45) is 0 Å². The molecule has 0 saturated carbocycles. The zero-order valence-corrected chi connectivity index (χ0v) is 16.7. The number of hydrogen-bond donors (Lipinski definition) is 1. The molecular weight excluding hydrogens is 354 g/mol. The number of rotatable bonds is 11. The van der Waals surface area contributed by atoms with Gasteiger partial charge in [-0.05, 0) is 42.8 Å². The first-order valence-electron chi connectivity index (χ1n) is 9.71. The average molecular weight is 382 g/mol. The number of aromatic nitrogens is 2. The van der Waals surface area contributed by atoms with Crippen molar-refractivity contribution < 1.29 is 4.74 Å². The van der Waals surface area contributed by atoms with Crippen LogP contribution in [0.25, 0.3) is 11.3 Å². The number of nitrogens with zero attached hydrogens (tertiary/aromatic N) is 2. The van der Waals surface area contributed by atoms with E-state index in [1.165, 1.54) is 32.1 Å². The molecule has 0 radical (unpaired) electrons. The van der Waals surface area contributed by atoms with E-state index in [-0.39, 0.29) is 0 Å². The molecule has 0 bridgehead atoms. The van der Waals surface area contributed by atoms with Crippen LogP contribution in [0.2, 0.25) is 0 Å². The van der Waals surface area contributed by atoms with Gasteiger partial charge in [0.25, 0.3) is 0 Å².